The summed E-state index contributed by atoms with van der Waals surface area (Å²) < 4.78 is 10.9. The number of para-hydroxylation sites is 1. The summed E-state index contributed by atoms with van der Waals surface area (Å²) in [5.74, 6) is 0.663. The Labute approximate surface area is 120 Å². The van der Waals surface area contributed by atoms with Crippen molar-refractivity contribution in [3.05, 3.63) is 35.9 Å². The molecule has 0 fully saturated rings. The summed E-state index contributed by atoms with van der Waals surface area (Å²) >= 11 is 0. The topological polar surface area (TPSA) is 43.4 Å². The van der Waals surface area contributed by atoms with Gasteiger partial charge in [-0.15, -0.1) is 0 Å². The maximum Gasteiger partial charge on any atom is 0.214 e. The second kappa shape index (κ2) is 7.82. The number of hydrogen-bond acceptors (Lipinski definition) is 4. The number of rotatable bonds is 8. The molecule has 108 valence electrons. The highest BCUT2D eigenvalue weighted by Gasteiger charge is 2.06. The maximum absolute atomic E-state index is 5.67. The van der Waals surface area contributed by atoms with Gasteiger partial charge in [-0.2, -0.15) is 0 Å². The molecule has 1 aromatic carbocycles. The average Bonchev–Trinajstić information content (AvgIpc) is 2.49. The van der Waals surface area contributed by atoms with Crippen LogP contribution in [0.25, 0.3) is 10.9 Å². The lowest BCUT2D eigenvalue weighted by Gasteiger charge is -2.11. The molecule has 1 heterocycles. The summed E-state index contributed by atoms with van der Waals surface area (Å²) in [6, 6.07) is 10.2. The van der Waals surface area contributed by atoms with Gasteiger partial charge < -0.3 is 14.8 Å². The van der Waals surface area contributed by atoms with E-state index in [4.69, 9.17) is 9.47 Å². The van der Waals surface area contributed by atoms with Crippen LogP contribution in [0.2, 0.25) is 0 Å². The molecule has 0 atom stereocenters. The number of aromatic nitrogens is 1. The minimum atomic E-state index is 0.528. The number of ether oxygens (including phenoxy) is 2. The lowest BCUT2D eigenvalue weighted by Crippen LogP contribution is -2.13. The van der Waals surface area contributed by atoms with Gasteiger partial charge in [0.2, 0.25) is 5.88 Å². The van der Waals surface area contributed by atoms with Gasteiger partial charge in [-0.05, 0) is 25.1 Å². The Bertz CT molecular complexity index is 543. The Morgan fingerprint density at radius 1 is 1.15 bits per heavy atom. The molecule has 4 heteroatoms. The van der Waals surface area contributed by atoms with Gasteiger partial charge in [0.05, 0.1) is 12.1 Å². The van der Waals surface area contributed by atoms with Crippen molar-refractivity contribution in [3.63, 3.8) is 0 Å². The third-order valence-corrected chi connectivity index (χ3v) is 3.03. The Kier molecular flexibility index (Phi) is 5.77. The first-order chi connectivity index (χ1) is 9.85. The van der Waals surface area contributed by atoms with Gasteiger partial charge >= 0.3 is 0 Å². The zero-order valence-electron chi connectivity index (χ0n) is 12.2. The van der Waals surface area contributed by atoms with Crippen molar-refractivity contribution in [1.29, 1.82) is 0 Å². The van der Waals surface area contributed by atoms with E-state index in [0.717, 1.165) is 18.6 Å². The van der Waals surface area contributed by atoms with Crippen LogP contribution in [0.4, 0.5) is 0 Å². The van der Waals surface area contributed by atoms with E-state index in [-0.39, 0.29) is 0 Å². The molecule has 0 aliphatic carbocycles. The number of hydrogen-bond donors (Lipinski definition) is 1. The zero-order chi connectivity index (χ0) is 14.2. The molecule has 0 amide bonds. The summed E-state index contributed by atoms with van der Waals surface area (Å²) in [4.78, 5) is 4.54. The van der Waals surface area contributed by atoms with E-state index in [2.05, 4.69) is 23.3 Å². The Morgan fingerprint density at radius 2 is 2.00 bits per heavy atom. The summed E-state index contributed by atoms with van der Waals surface area (Å²) in [6.45, 7) is 7.66. The number of nitrogens with one attached hydrogen (secondary N) is 1. The smallest absolute Gasteiger partial charge is 0.214 e. The third kappa shape index (κ3) is 3.92. The van der Waals surface area contributed by atoms with E-state index in [0.29, 0.717) is 25.7 Å². The predicted octanol–water partition coefficient (Wildman–Crippen LogP) is 2.76. The van der Waals surface area contributed by atoms with Crippen molar-refractivity contribution >= 4 is 10.9 Å². The highest BCUT2D eigenvalue weighted by Crippen LogP contribution is 2.21. The number of pyridine rings is 1. The molecule has 0 aliphatic rings. The lowest BCUT2D eigenvalue weighted by atomic mass is 10.1. The molecular formula is C16H22N2O2. The number of benzene rings is 1. The lowest BCUT2D eigenvalue weighted by molar-refractivity contribution is 0.108. The predicted molar refractivity (Wildman–Crippen MR) is 81.1 cm³/mol. The van der Waals surface area contributed by atoms with Crippen LogP contribution in [0, 0.1) is 0 Å². The molecule has 2 rings (SSSR count). The Hall–Kier alpha value is -1.65. The van der Waals surface area contributed by atoms with Gasteiger partial charge in [-0.3, -0.25) is 0 Å². The monoisotopic (exact) mass is 274 g/mol. The molecule has 0 spiro atoms. The molecule has 4 nitrogen and oxygen atoms in total. The van der Waals surface area contributed by atoms with Gasteiger partial charge in [-0.25, -0.2) is 4.98 Å². The first-order valence-corrected chi connectivity index (χ1v) is 7.15. The Morgan fingerprint density at radius 3 is 2.80 bits per heavy atom. The van der Waals surface area contributed by atoms with Crippen LogP contribution in [-0.4, -0.2) is 31.3 Å². The molecule has 0 saturated carbocycles. The largest absolute Gasteiger partial charge is 0.475 e. The fourth-order valence-corrected chi connectivity index (χ4v) is 2.05. The minimum absolute atomic E-state index is 0.528. The van der Waals surface area contributed by atoms with Crippen LogP contribution < -0.4 is 10.1 Å². The van der Waals surface area contributed by atoms with E-state index in [1.807, 2.05) is 31.2 Å². The van der Waals surface area contributed by atoms with E-state index in [1.54, 1.807) is 0 Å². The van der Waals surface area contributed by atoms with Gasteiger partial charge in [0.15, 0.2) is 0 Å². The summed E-state index contributed by atoms with van der Waals surface area (Å²) in [5, 5.41) is 4.52. The van der Waals surface area contributed by atoms with Crippen LogP contribution in [-0.2, 0) is 11.3 Å². The van der Waals surface area contributed by atoms with Crippen molar-refractivity contribution < 1.29 is 9.47 Å². The number of fused-ring (bicyclic) bond motifs is 1. The van der Waals surface area contributed by atoms with Crippen molar-refractivity contribution in [3.8, 4) is 5.88 Å². The van der Waals surface area contributed by atoms with E-state index >= 15 is 0 Å². The van der Waals surface area contributed by atoms with Crippen LogP contribution in [0.5, 0.6) is 5.88 Å². The molecule has 0 saturated heterocycles. The normalized spacial score (nSPS) is 10.9. The maximum atomic E-state index is 5.67. The Balaban J connectivity index is 2.18. The minimum Gasteiger partial charge on any atom is -0.475 e. The van der Waals surface area contributed by atoms with Gasteiger partial charge in [0.25, 0.3) is 0 Å². The molecule has 0 unspecified atom stereocenters. The van der Waals surface area contributed by atoms with Crippen LogP contribution in [0.3, 0.4) is 0 Å². The molecule has 0 radical (unpaired) electrons. The summed E-state index contributed by atoms with van der Waals surface area (Å²) in [6.07, 6.45) is 0. The summed E-state index contributed by atoms with van der Waals surface area (Å²) in [7, 11) is 0. The third-order valence-electron chi connectivity index (χ3n) is 3.03. The second-order valence-electron chi connectivity index (χ2n) is 4.46. The molecule has 0 bridgehead atoms. The fourth-order valence-electron chi connectivity index (χ4n) is 2.05. The molecule has 20 heavy (non-hydrogen) atoms. The first-order valence-electron chi connectivity index (χ1n) is 7.15. The van der Waals surface area contributed by atoms with Crippen LogP contribution in [0.1, 0.15) is 19.4 Å². The SMILES string of the molecule is CCNCc1cc(OCCOCC)nc2ccccc12. The van der Waals surface area contributed by atoms with Crippen molar-refractivity contribution in [2.75, 3.05) is 26.4 Å². The highest BCUT2D eigenvalue weighted by molar-refractivity contribution is 5.82. The van der Waals surface area contributed by atoms with Crippen molar-refractivity contribution in [2.24, 2.45) is 0 Å². The quantitative estimate of drug-likeness (QED) is 0.752. The zero-order valence-corrected chi connectivity index (χ0v) is 12.2. The van der Waals surface area contributed by atoms with Crippen LogP contribution >= 0.6 is 0 Å². The van der Waals surface area contributed by atoms with Crippen molar-refractivity contribution in [1.82, 2.24) is 10.3 Å². The standard InChI is InChI=1S/C16H22N2O2/c1-3-17-12-13-11-16(20-10-9-19-4-2)18-15-8-6-5-7-14(13)15/h5-8,11,17H,3-4,9-10,12H2,1-2H3. The van der Waals surface area contributed by atoms with Gasteiger partial charge in [0, 0.05) is 24.6 Å². The molecular weight excluding hydrogens is 252 g/mol. The first kappa shape index (κ1) is 14.8. The average molecular weight is 274 g/mol. The highest BCUT2D eigenvalue weighted by atomic mass is 16.5. The van der Waals surface area contributed by atoms with E-state index in [1.165, 1.54) is 10.9 Å². The van der Waals surface area contributed by atoms with Crippen LogP contribution in [0.15, 0.2) is 30.3 Å². The van der Waals surface area contributed by atoms with Gasteiger partial charge in [-0.1, -0.05) is 25.1 Å². The second-order valence-corrected chi connectivity index (χ2v) is 4.46. The summed E-state index contributed by atoms with van der Waals surface area (Å²) in [5.41, 5.74) is 2.18. The molecule has 1 N–H and O–H groups in total. The molecule has 1 aromatic heterocycles. The van der Waals surface area contributed by atoms with Crippen molar-refractivity contribution in [2.45, 2.75) is 20.4 Å². The molecule has 0 aliphatic heterocycles. The van der Waals surface area contributed by atoms with E-state index in [9.17, 15) is 0 Å². The fraction of sp³-hybridized carbons (Fsp3) is 0.438. The van der Waals surface area contributed by atoms with E-state index < -0.39 is 0 Å². The van der Waals surface area contributed by atoms with Gasteiger partial charge in [0.1, 0.15) is 6.61 Å². The molecule has 2 aromatic rings. The number of nitrogens with zero attached hydrogens (tertiary/aromatic N) is 1.